The summed E-state index contributed by atoms with van der Waals surface area (Å²) < 4.78 is 4.89. The van der Waals surface area contributed by atoms with E-state index in [-0.39, 0.29) is 5.97 Å². The molecule has 0 aliphatic heterocycles. The molecule has 0 aliphatic rings. The Morgan fingerprint density at radius 1 is 1.67 bits per heavy atom. The number of hydrogen-bond donors (Lipinski definition) is 0. The van der Waals surface area contributed by atoms with Crippen LogP contribution in [-0.4, -0.2) is 24.1 Å². The van der Waals surface area contributed by atoms with E-state index in [0.717, 1.165) is 17.9 Å². The Kier molecular flexibility index (Phi) is 8.34. The highest BCUT2D eigenvalue weighted by atomic mass is 32.2. The van der Waals surface area contributed by atoms with E-state index >= 15 is 0 Å². The Hall–Kier alpha value is -0.440. The van der Waals surface area contributed by atoms with Gasteiger partial charge in [-0.25, -0.2) is 0 Å². The van der Waals surface area contributed by atoms with Crippen molar-refractivity contribution in [3.63, 3.8) is 0 Å². The fourth-order valence-corrected chi connectivity index (χ4v) is 1.25. The van der Waals surface area contributed by atoms with Crippen molar-refractivity contribution in [1.82, 2.24) is 0 Å². The number of carbonyl (C=O) groups is 1. The highest BCUT2D eigenvalue weighted by molar-refractivity contribution is 7.99. The van der Waals surface area contributed by atoms with E-state index in [2.05, 4.69) is 6.58 Å². The molecule has 3 heteroatoms. The lowest BCUT2D eigenvalue weighted by Gasteiger charge is -2.01. The van der Waals surface area contributed by atoms with E-state index < -0.39 is 0 Å². The van der Waals surface area contributed by atoms with E-state index in [1.54, 1.807) is 11.8 Å². The first-order valence-electron chi connectivity index (χ1n) is 4.15. The molecule has 2 nitrogen and oxygen atoms in total. The van der Waals surface area contributed by atoms with E-state index in [9.17, 15) is 4.79 Å². The summed E-state index contributed by atoms with van der Waals surface area (Å²) in [6.07, 6.45) is 3.24. The van der Waals surface area contributed by atoms with Gasteiger partial charge in [0.25, 0.3) is 0 Å². The molecule has 0 saturated heterocycles. The Morgan fingerprint density at radius 3 is 3.00 bits per heavy atom. The predicted molar refractivity (Wildman–Crippen MR) is 53.4 cm³/mol. The lowest BCUT2D eigenvalue weighted by atomic mass is 10.5. The van der Waals surface area contributed by atoms with Gasteiger partial charge in [0, 0.05) is 11.5 Å². The standard InChI is InChI=1S/C9H16O2S/c1-3-6-11-9(10)5-8-12-7-4-2/h4H,2-3,5-8H2,1H3. The Bertz CT molecular complexity index is 134. The second kappa shape index (κ2) is 8.65. The van der Waals surface area contributed by atoms with Crippen molar-refractivity contribution in [2.24, 2.45) is 0 Å². The van der Waals surface area contributed by atoms with Crippen molar-refractivity contribution in [2.45, 2.75) is 19.8 Å². The minimum Gasteiger partial charge on any atom is -0.466 e. The van der Waals surface area contributed by atoms with Gasteiger partial charge >= 0.3 is 5.97 Å². The molecule has 0 bridgehead atoms. The summed E-state index contributed by atoms with van der Waals surface area (Å²) in [4.78, 5) is 10.9. The molecule has 0 atom stereocenters. The predicted octanol–water partition coefficient (Wildman–Crippen LogP) is 2.25. The van der Waals surface area contributed by atoms with Crippen LogP contribution in [0.3, 0.4) is 0 Å². The van der Waals surface area contributed by atoms with Gasteiger partial charge in [0.05, 0.1) is 13.0 Å². The molecule has 0 spiro atoms. The van der Waals surface area contributed by atoms with Gasteiger partial charge in [-0.2, -0.15) is 11.8 Å². The Labute approximate surface area is 78.4 Å². The molecule has 12 heavy (non-hydrogen) atoms. The van der Waals surface area contributed by atoms with Gasteiger partial charge in [-0.05, 0) is 6.42 Å². The van der Waals surface area contributed by atoms with Gasteiger partial charge in [0.1, 0.15) is 0 Å². The molecule has 0 rings (SSSR count). The zero-order chi connectivity index (χ0) is 9.23. The third-order valence-corrected chi connectivity index (χ3v) is 2.12. The van der Waals surface area contributed by atoms with Crippen LogP contribution < -0.4 is 0 Å². The topological polar surface area (TPSA) is 26.3 Å². The van der Waals surface area contributed by atoms with Crippen LogP contribution in [0.5, 0.6) is 0 Å². The molecule has 0 saturated carbocycles. The van der Waals surface area contributed by atoms with Gasteiger partial charge in [-0.3, -0.25) is 4.79 Å². The second-order valence-electron chi connectivity index (χ2n) is 2.33. The average Bonchev–Trinajstić information content (AvgIpc) is 2.09. The molecule has 0 aliphatic carbocycles. The molecule has 0 radical (unpaired) electrons. The van der Waals surface area contributed by atoms with Crippen molar-refractivity contribution >= 4 is 17.7 Å². The van der Waals surface area contributed by atoms with Crippen LogP contribution in [0.1, 0.15) is 19.8 Å². The maximum atomic E-state index is 10.9. The minimum atomic E-state index is -0.0894. The average molecular weight is 188 g/mol. The van der Waals surface area contributed by atoms with Crippen LogP contribution in [0.25, 0.3) is 0 Å². The van der Waals surface area contributed by atoms with Gasteiger partial charge < -0.3 is 4.74 Å². The molecule has 0 amide bonds. The van der Waals surface area contributed by atoms with E-state index in [0.29, 0.717) is 13.0 Å². The number of esters is 1. The summed E-state index contributed by atoms with van der Waals surface area (Å²) in [5.41, 5.74) is 0. The largest absolute Gasteiger partial charge is 0.466 e. The summed E-state index contributed by atoms with van der Waals surface area (Å²) >= 11 is 1.70. The van der Waals surface area contributed by atoms with Crippen LogP contribution in [0.2, 0.25) is 0 Å². The number of carbonyl (C=O) groups excluding carboxylic acids is 1. The first kappa shape index (κ1) is 11.6. The van der Waals surface area contributed by atoms with Gasteiger partial charge in [-0.1, -0.05) is 13.0 Å². The molecule has 0 heterocycles. The van der Waals surface area contributed by atoms with Gasteiger partial charge in [0.2, 0.25) is 0 Å². The maximum absolute atomic E-state index is 10.9. The van der Waals surface area contributed by atoms with Gasteiger partial charge in [0.15, 0.2) is 0 Å². The summed E-state index contributed by atoms with van der Waals surface area (Å²) in [5.74, 6) is 1.64. The first-order valence-corrected chi connectivity index (χ1v) is 5.31. The summed E-state index contributed by atoms with van der Waals surface area (Å²) in [5, 5.41) is 0. The second-order valence-corrected chi connectivity index (χ2v) is 3.48. The minimum absolute atomic E-state index is 0.0894. The van der Waals surface area contributed by atoms with Crippen molar-refractivity contribution in [3.8, 4) is 0 Å². The summed E-state index contributed by atoms with van der Waals surface area (Å²) in [6, 6.07) is 0. The molecule has 70 valence electrons. The highest BCUT2D eigenvalue weighted by Crippen LogP contribution is 2.02. The van der Waals surface area contributed by atoms with Crippen LogP contribution in [0.4, 0.5) is 0 Å². The quantitative estimate of drug-likeness (QED) is 0.348. The smallest absolute Gasteiger partial charge is 0.306 e. The molecular formula is C9H16O2S. The van der Waals surface area contributed by atoms with Crippen molar-refractivity contribution in [2.75, 3.05) is 18.1 Å². The lowest BCUT2D eigenvalue weighted by molar-refractivity contribution is -0.143. The lowest BCUT2D eigenvalue weighted by Crippen LogP contribution is -2.06. The fourth-order valence-electron chi connectivity index (χ4n) is 0.610. The molecule has 0 N–H and O–H groups in total. The molecule has 0 aromatic heterocycles. The zero-order valence-electron chi connectivity index (χ0n) is 7.54. The van der Waals surface area contributed by atoms with Crippen molar-refractivity contribution < 1.29 is 9.53 Å². The van der Waals surface area contributed by atoms with Crippen LogP contribution >= 0.6 is 11.8 Å². The zero-order valence-corrected chi connectivity index (χ0v) is 8.36. The number of thioether (sulfide) groups is 1. The van der Waals surface area contributed by atoms with Crippen LogP contribution in [-0.2, 0) is 9.53 Å². The monoisotopic (exact) mass is 188 g/mol. The third kappa shape index (κ3) is 7.66. The van der Waals surface area contributed by atoms with E-state index in [1.807, 2.05) is 13.0 Å². The summed E-state index contributed by atoms with van der Waals surface area (Å²) in [6.45, 7) is 6.12. The number of hydrogen-bond acceptors (Lipinski definition) is 3. The van der Waals surface area contributed by atoms with Crippen LogP contribution in [0.15, 0.2) is 12.7 Å². The summed E-state index contributed by atoms with van der Waals surface area (Å²) in [7, 11) is 0. The third-order valence-electron chi connectivity index (χ3n) is 1.15. The molecule has 0 unspecified atom stereocenters. The fraction of sp³-hybridized carbons (Fsp3) is 0.667. The molecule has 0 aromatic carbocycles. The normalized spacial score (nSPS) is 9.42. The molecular weight excluding hydrogens is 172 g/mol. The molecule has 0 fully saturated rings. The first-order chi connectivity index (χ1) is 5.81. The van der Waals surface area contributed by atoms with E-state index in [1.165, 1.54) is 0 Å². The number of rotatable bonds is 7. The van der Waals surface area contributed by atoms with Crippen molar-refractivity contribution in [3.05, 3.63) is 12.7 Å². The SMILES string of the molecule is C=CCSCCC(=O)OCCC. The Balaban J connectivity index is 3.13. The molecule has 0 aromatic rings. The maximum Gasteiger partial charge on any atom is 0.306 e. The Morgan fingerprint density at radius 2 is 2.42 bits per heavy atom. The number of ether oxygens (including phenoxy) is 1. The van der Waals surface area contributed by atoms with Crippen molar-refractivity contribution in [1.29, 1.82) is 0 Å². The van der Waals surface area contributed by atoms with Gasteiger partial charge in [-0.15, -0.1) is 6.58 Å². The van der Waals surface area contributed by atoms with Crippen LogP contribution in [0, 0.1) is 0 Å². The highest BCUT2D eigenvalue weighted by Gasteiger charge is 2.00. The van der Waals surface area contributed by atoms with E-state index in [4.69, 9.17) is 4.74 Å².